The third kappa shape index (κ3) is 4.54. The van der Waals surface area contributed by atoms with E-state index in [2.05, 4.69) is 4.98 Å². The molecule has 0 unspecified atom stereocenters. The number of hydrogen-bond donors (Lipinski definition) is 0. The molecule has 0 aliphatic rings. The van der Waals surface area contributed by atoms with Gasteiger partial charge in [0, 0.05) is 39.6 Å². The van der Waals surface area contributed by atoms with E-state index in [-0.39, 0.29) is 30.9 Å². The van der Waals surface area contributed by atoms with Crippen LogP contribution < -0.4 is 0 Å². The fourth-order valence-electron chi connectivity index (χ4n) is 2.89. The normalized spacial score (nSPS) is 11.1. The highest BCUT2D eigenvalue weighted by molar-refractivity contribution is 6.31. The molecule has 3 aromatic rings. The maximum atomic E-state index is 14.2. The van der Waals surface area contributed by atoms with E-state index in [1.807, 2.05) is 13.8 Å². The molecule has 3 rings (SSSR count). The molecule has 0 aliphatic carbocycles. The summed E-state index contributed by atoms with van der Waals surface area (Å²) in [5.74, 6) is 0.158. The molecule has 0 N–H and O–H groups in total. The predicted molar refractivity (Wildman–Crippen MR) is 109 cm³/mol. The first-order valence-electron chi connectivity index (χ1n) is 8.86. The van der Waals surface area contributed by atoms with Gasteiger partial charge in [0.15, 0.2) is 0 Å². The van der Waals surface area contributed by atoms with Crippen LogP contribution >= 0.6 is 23.2 Å². The summed E-state index contributed by atoms with van der Waals surface area (Å²) in [7, 11) is 0. The summed E-state index contributed by atoms with van der Waals surface area (Å²) < 4.78 is 16.0. The molecule has 146 valence electrons. The fourth-order valence-corrected chi connectivity index (χ4v) is 3.24. The van der Waals surface area contributed by atoms with Crippen molar-refractivity contribution in [1.82, 2.24) is 14.5 Å². The summed E-state index contributed by atoms with van der Waals surface area (Å²) in [4.78, 5) is 19.0. The van der Waals surface area contributed by atoms with Gasteiger partial charge in [-0.1, -0.05) is 29.3 Å². The van der Waals surface area contributed by atoms with E-state index in [4.69, 9.17) is 23.2 Å². The Morgan fingerprint density at radius 2 is 1.89 bits per heavy atom. The van der Waals surface area contributed by atoms with E-state index in [1.54, 1.807) is 58.3 Å². The van der Waals surface area contributed by atoms with E-state index in [0.717, 1.165) is 0 Å². The Morgan fingerprint density at radius 1 is 1.18 bits per heavy atom. The SMILES string of the molecule is CC(C)N(Cc1nccn1Cc1c(F)cccc1Cl)C(=O)c1ccc(Cl)cc1. The lowest BCUT2D eigenvalue weighted by Crippen LogP contribution is -2.37. The zero-order valence-corrected chi connectivity index (χ0v) is 17.1. The molecule has 1 amide bonds. The first-order chi connectivity index (χ1) is 13.4. The first-order valence-corrected chi connectivity index (χ1v) is 9.62. The lowest BCUT2D eigenvalue weighted by Gasteiger charge is -2.27. The van der Waals surface area contributed by atoms with Crippen LogP contribution in [0, 0.1) is 5.82 Å². The number of nitrogens with zero attached hydrogens (tertiary/aromatic N) is 3. The average Bonchev–Trinajstić information content (AvgIpc) is 3.09. The zero-order valence-electron chi connectivity index (χ0n) is 15.6. The maximum absolute atomic E-state index is 14.2. The van der Waals surface area contributed by atoms with Crippen molar-refractivity contribution in [1.29, 1.82) is 0 Å². The number of imidazole rings is 1. The van der Waals surface area contributed by atoms with Gasteiger partial charge >= 0.3 is 0 Å². The Kier molecular flexibility index (Phi) is 6.37. The van der Waals surface area contributed by atoms with Crippen molar-refractivity contribution in [3.8, 4) is 0 Å². The van der Waals surface area contributed by atoms with Crippen molar-refractivity contribution >= 4 is 29.1 Å². The molecule has 0 saturated carbocycles. The third-order valence-electron chi connectivity index (χ3n) is 4.48. The minimum atomic E-state index is -0.370. The Balaban J connectivity index is 1.84. The molecular formula is C21H20Cl2FN3O. The number of halogens is 3. The molecule has 4 nitrogen and oxygen atoms in total. The van der Waals surface area contributed by atoms with Crippen molar-refractivity contribution in [2.24, 2.45) is 0 Å². The Hall–Kier alpha value is -2.37. The van der Waals surface area contributed by atoms with Crippen molar-refractivity contribution in [2.45, 2.75) is 33.0 Å². The van der Waals surface area contributed by atoms with Crippen LogP contribution in [0.25, 0.3) is 0 Å². The Labute approximate surface area is 173 Å². The van der Waals surface area contributed by atoms with Crippen LogP contribution in [0.5, 0.6) is 0 Å². The fraction of sp³-hybridized carbons (Fsp3) is 0.238. The molecule has 0 spiro atoms. The van der Waals surface area contributed by atoms with Crippen LogP contribution in [0.1, 0.15) is 35.6 Å². The monoisotopic (exact) mass is 419 g/mol. The largest absolute Gasteiger partial charge is 0.329 e. The van der Waals surface area contributed by atoms with Crippen molar-refractivity contribution in [2.75, 3.05) is 0 Å². The third-order valence-corrected chi connectivity index (χ3v) is 5.09. The number of carbonyl (C=O) groups is 1. The predicted octanol–water partition coefficient (Wildman–Crippen LogP) is 5.43. The van der Waals surface area contributed by atoms with Gasteiger partial charge in [0.2, 0.25) is 0 Å². The summed E-state index contributed by atoms with van der Waals surface area (Å²) >= 11 is 12.1. The molecule has 1 heterocycles. The van der Waals surface area contributed by atoms with Crippen molar-refractivity contribution < 1.29 is 9.18 Å². The van der Waals surface area contributed by atoms with E-state index >= 15 is 0 Å². The van der Waals surface area contributed by atoms with Crippen molar-refractivity contribution in [3.05, 3.63) is 87.7 Å². The number of hydrogen-bond acceptors (Lipinski definition) is 2. The molecule has 7 heteroatoms. The maximum Gasteiger partial charge on any atom is 0.254 e. The highest BCUT2D eigenvalue weighted by Crippen LogP contribution is 2.21. The van der Waals surface area contributed by atoms with Crippen LogP contribution in [0.3, 0.4) is 0 Å². The number of rotatable bonds is 6. The van der Waals surface area contributed by atoms with E-state index in [0.29, 0.717) is 27.0 Å². The lowest BCUT2D eigenvalue weighted by atomic mass is 10.1. The van der Waals surface area contributed by atoms with Crippen LogP contribution in [0.2, 0.25) is 10.0 Å². The standard InChI is InChI=1S/C21H20Cl2FN3O/c1-14(2)27(21(28)15-6-8-16(22)9-7-15)13-20-25-10-11-26(20)12-17-18(23)4-3-5-19(17)24/h3-11,14H,12-13H2,1-2H3. The smallest absolute Gasteiger partial charge is 0.254 e. The highest BCUT2D eigenvalue weighted by atomic mass is 35.5. The van der Waals surface area contributed by atoms with Gasteiger partial charge in [-0.25, -0.2) is 9.37 Å². The van der Waals surface area contributed by atoms with Crippen LogP contribution in [0.15, 0.2) is 54.9 Å². The molecule has 1 aromatic heterocycles. The number of carbonyl (C=O) groups excluding carboxylic acids is 1. The van der Waals surface area contributed by atoms with Gasteiger partial charge in [0.25, 0.3) is 5.91 Å². The molecular weight excluding hydrogens is 400 g/mol. The number of benzene rings is 2. The summed E-state index contributed by atoms with van der Waals surface area (Å²) in [5, 5.41) is 0.933. The Morgan fingerprint density at radius 3 is 2.54 bits per heavy atom. The Bertz CT molecular complexity index is 950. The second kappa shape index (κ2) is 8.76. The second-order valence-corrected chi connectivity index (χ2v) is 7.55. The number of aromatic nitrogens is 2. The van der Waals surface area contributed by atoms with Gasteiger partial charge in [-0.3, -0.25) is 4.79 Å². The summed E-state index contributed by atoms with van der Waals surface area (Å²) in [6.07, 6.45) is 3.39. The van der Waals surface area contributed by atoms with Gasteiger partial charge in [-0.05, 0) is 50.2 Å². The van der Waals surface area contributed by atoms with Gasteiger partial charge < -0.3 is 9.47 Å². The van der Waals surface area contributed by atoms with E-state index < -0.39 is 0 Å². The first kappa shape index (κ1) is 20.4. The van der Waals surface area contributed by atoms with E-state index in [9.17, 15) is 9.18 Å². The minimum absolute atomic E-state index is 0.0506. The molecule has 2 aromatic carbocycles. The van der Waals surface area contributed by atoms with Gasteiger partial charge in [-0.15, -0.1) is 0 Å². The van der Waals surface area contributed by atoms with E-state index in [1.165, 1.54) is 6.07 Å². The van der Waals surface area contributed by atoms with Crippen LogP contribution in [0.4, 0.5) is 4.39 Å². The molecule has 28 heavy (non-hydrogen) atoms. The van der Waals surface area contributed by atoms with Crippen LogP contribution in [-0.2, 0) is 13.1 Å². The minimum Gasteiger partial charge on any atom is -0.329 e. The zero-order chi connectivity index (χ0) is 20.3. The van der Waals surface area contributed by atoms with Gasteiger partial charge in [0.1, 0.15) is 11.6 Å². The highest BCUT2D eigenvalue weighted by Gasteiger charge is 2.21. The lowest BCUT2D eigenvalue weighted by molar-refractivity contribution is 0.0683. The topological polar surface area (TPSA) is 38.1 Å². The van der Waals surface area contributed by atoms with Gasteiger partial charge in [-0.2, -0.15) is 0 Å². The molecule has 0 fully saturated rings. The summed E-state index contributed by atoms with van der Waals surface area (Å²) in [6, 6.07) is 11.3. The summed E-state index contributed by atoms with van der Waals surface area (Å²) in [6.45, 7) is 4.41. The molecule has 0 atom stereocenters. The average molecular weight is 420 g/mol. The molecule has 0 aliphatic heterocycles. The van der Waals surface area contributed by atoms with Gasteiger partial charge in [0.05, 0.1) is 13.1 Å². The second-order valence-electron chi connectivity index (χ2n) is 6.71. The van der Waals surface area contributed by atoms with Crippen LogP contribution in [-0.4, -0.2) is 26.4 Å². The molecule has 0 bridgehead atoms. The molecule has 0 saturated heterocycles. The summed E-state index contributed by atoms with van der Waals surface area (Å²) in [5.41, 5.74) is 0.942. The number of amides is 1. The van der Waals surface area contributed by atoms with Crippen molar-refractivity contribution in [3.63, 3.8) is 0 Å². The molecule has 0 radical (unpaired) electrons. The quantitative estimate of drug-likeness (QED) is 0.534.